The van der Waals surface area contributed by atoms with Gasteiger partial charge in [-0.25, -0.2) is 0 Å². The molecule has 180 valence electrons. The molecule has 0 saturated heterocycles. The van der Waals surface area contributed by atoms with Crippen molar-refractivity contribution in [1.29, 1.82) is 0 Å². The van der Waals surface area contributed by atoms with Crippen LogP contribution in [0, 0.1) is 5.41 Å². The Bertz CT molecular complexity index is 862. The Morgan fingerprint density at radius 3 is 1.03 bits per heavy atom. The Morgan fingerprint density at radius 1 is 0.545 bits per heavy atom. The summed E-state index contributed by atoms with van der Waals surface area (Å²) in [7, 11) is 0. The molecule has 2 nitrogen and oxygen atoms in total. The summed E-state index contributed by atoms with van der Waals surface area (Å²) in [4.78, 5) is 5.15. The van der Waals surface area contributed by atoms with Crippen LogP contribution in [0.1, 0.15) is 122 Å². The van der Waals surface area contributed by atoms with Gasteiger partial charge in [-0.15, -0.1) is 0 Å². The summed E-state index contributed by atoms with van der Waals surface area (Å²) in [5.74, 6) is 1.87. The highest BCUT2D eigenvalue weighted by Crippen LogP contribution is 2.46. The third-order valence-corrected chi connectivity index (χ3v) is 6.89. The smallest absolute Gasteiger partial charge is 0.115 e. The SMILES string of the molecule is CC(C)c1cccc(C(C)C)c1N1C=CN(c2c(C(C)C)cccc2C(C)C)C1C(C)(C)C. The normalized spacial score (nSPS) is 15.2. The Labute approximate surface area is 203 Å². The van der Waals surface area contributed by atoms with Gasteiger partial charge in [-0.2, -0.15) is 0 Å². The van der Waals surface area contributed by atoms with Gasteiger partial charge in [0.1, 0.15) is 6.17 Å². The van der Waals surface area contributed by atoms with Gasteiger partial charge in [-0.1, -0.05) is 113 Å². The van der Waals surface area contributed by atoms with Gasteiger partial charge in [0, 0.05) is 29.2 Å². The molecule has 2 aromatic carbocycles. The van der Waals surface area contributed by atoms with E-state index in [4.69, 9.17) is 0 Å². The van der Waals surface area contributed by atoms with Crippen molar-refractivity contribution in [3.63, 3.8) is 0 Å². The lowest BCUT2D eigenvalue weighted by Crippen LogP contribution is -2.49. The quantitative estimate of drug-likeness (QED) is 0.436. The topological polar surface area (TPSA) is 6.48 Å². The van der Waals surface area contributed by atoms with Crippen LogP contribution in [0.3, 0.4) is 0 Å². The molecule has 1 aliphatic rings. The number of para-hydroxylation sites is 2. The Morgan fingerprint density at radius 2 is 0.818 bits per heavy atom. The highest BCUT2D eigenvalue weighted by molar-refractivity contribution is 5.72. The Balaban J connectivity index is 2.27. The molecule has 0 N–H and O–H groups in total. The average Bonchev–Trinajstić information content (AvgIpc) is 3.17. The van der Waals surface area contributed by atoms with E-state index in [9.17, 15) is 0 Å². The zero-order valence-electron chi connectivity index (χ0n) is 22.9. The summed E-state index contributed by atoms with van der Waals surface area (Å²) in [6, 6.07) is 13.8. The maximum absolute atomic E-state index is 2.58. The van der Waals surface area contributed by atoms with E-state index in [0.717, 1.165) is 0 Å². The summed E-state index contributed by atoms with van der Waals surface area (Å²) in [6.45, 7) is 25.7. The maximum Gasteiger partial charge on any atom is 0.115 e. The molecule has 33 heavy (non-hydrogen) atoms. The van der Waals surface area contributed by atoms with Crippen molar-refractivity contribution in [2.75, 3.05) is 9.80 Å². The van der Waals surface area contributed by atoms with E-state index in [1.54, 1.807) is 0 Å². The molecule has 1 aliphatic heterocycles. The number of nitrogens with zero attached hydrogens (tertiary/aromatic N) is 2. The van der Waals surface area contributed by atoms with Gasteiger partial charge in [0.15, 0.2) is 0 Å². The van der Waals surface area contributed by atoms with E-state index in [-0.39, 0.29) is 11.6 Å². The lowest BCUT2D eigenvalue weighted by atomic mass is 9.86. The number of hydrogen-bond donors (Lipinski definition) is 0. The van der Waals surface area contributed by atoms with Crippen molar-refractivity contribution in [2.45, 2.75) is 106 Å². The summed E-state index contributed by atoms with van der Waals surface area (Å²) in [5, 5.41) is 0. The van der Waals surface area contributed by atoms with Crippen LogP contribution in [-0.4, -0.2) is 6.17 Å². The second-order valence-corrected chi connectivity index (χ2v) is 12.0. The number of benzene rings is 2. The van der Waals surface area contributed by atoms with Crippen LogP contribution in [0.2, 0.25) is 0 Å². The molecule has 2 heteroatoms. The molecular weight excluding hydrogens is 400 g/mol. The fourth-order valence-corrected chi connectivity index (χ4v) is 5.29. The molecule has 0 saturated carbocycles. The second kappa shape index (κ2) is 9.57. The lowest BCUT2D eigenvalue weighted by molar-refractivity contribution is 0.325. The van der Waals surface area contributed by atoms with Crippen LogP contribution in [0.15, 0.2) is 48.8 Å². The van der Waals surface area contributed by atoms with Gasteiger partial charge in [0.25, 0.3) is 0 Å². The number of anilines is 2. The van der Waals surface area contributed by atoms with Crippen LogP contribution < -0.4 is 9.80 Å². The van der Waals surface area contributed by atoms with E-state index in [1.165, 1.54) is 33.6 Å². The molecule has 0 fully saturated rings. The summed E-state index contributed by atoms with van der Waals surface area (Å²) < 4.78 is 0. The van der Waals surface area contributed by atoms with Crippen molar-refractivity contribution >= 4 is 11.4 Å². The van der Waals surface area contributed by atoms with E-state index in [1.807, 2.05) is 0 Å². The highest BCUT2D eigenvalue weighted by Gasteiger charge is 2.41. The minimum Gasteiger partial charge on any atom is -0.324 e. The van der Waals surface area contributed by atoms with Crippen LogP contribution in [0.4, 0.5) is 11.4 Å². The molecule has 0 radical (unpaired) electrons. The fourth-order valence-electron chi connectivity index (χ4n) is 5.29. The van der Waals surface area contributed by atoms with Gasteiger partial charge < -0.3 is 9.80 Å². The van der Waals surface area contributed by atoms with Crippen molar-refractivity contribution < 1.29 is 0 Å². The largest absolute Gasteiger partial charge is 0.324 e. The Kier molecular flexibility index (Phi) is 7.36. The second-order valence-electron chi connectivity index (χ2n) is 12.0. The lowest BCUT2D eigenvalue weighted by Gasteiger charge is -2.44. The van der Waals surface area contributed by atoms with Crippen LogP contribution >= 0.6 is 0 Å². The van der Waals surface area contributed by atoms with E-state index >= 15 is 0 Å². The molecule has 2 aromatic rings. The molecule has 0 aromatic heterocycles. The van der Waals surface area contributed by atoms with Crippen LogP contribution in [0.25, 0.3) is 0 Å². The molecule has 1 heterocycles. The van der Waals surface area contributed by atoms with E-state index in [0.29, 0.717) is 23.7 Å². The summed E-state index contributed by atoms with van der Waals surface area (Å²) in [6.07, 6.45) is 4.88. The van der Waals surface area contributed by atoms with Gasteiger partial charge in [-0.3, -0.25) is 0 Å². The standard InChI is InChI=1S/C31H46N2/c1-20(2)24-14-12-15-25(21(3)4)28(24)32-18-19-33(30(32)31(9,10)11)29-26(22(5)6)16-13-17-27(29)23(7)8/h12-23,30H,1-11H3. The third-order valence-electron chi connectivity index (χ3n) is 6.89. The minimum atomic E-state index is 0.0418. The van der Waals surface area contributed by atoms with E-state index in [2.05, 4.69) is 135 Å². The summed E-state index contributed by atoms with van der Waals surface area (Å²) >= 11 is 0. The average molecular weight is 447 g/mol. The predicted molar refractivity (Wildman–Crippen MR) is 147 cm³/mol. The van der Waals surface area contributed by atoms with Crippen LogP contribution in [0.5, 0.6) is 0 Å². The minimum absolute atomic E-state index is 0.0418. The van der Waals surface area contributed by atoms with Gasteiger partial charge in [0.2, 0.25) is 0 Å². The fraction of sp³-hybridized carbons (Fsp3) is 0.548. The molecule has 0 atom stereocenters. The van der Waals surface area contributed by atoms with Crippen molar-refractivity contribution in [2.24, 2.45) is 5.41 Å². The van der Waals surface area contributed by atoms with Gasteiger partial charge in [0.05, 0.1) is 0 Å². The molecular formula is C31H46N2. The molecule has 0 amide bonds. The third kappa shape index (κ3) is 4.86. The summed E-state index contributed by atoms with van der Waals surface area (Å²) in [5.41, 5.74) is 8.57. The Hall–Kier alpha value is -2.22. The zero-order chi connectivity index (χ0) is 24.7. The monoisotopic (exact) mass is 446 g/mol. The van der Waals surface area contributed by atoms with Gasteiger partial charge in [-0.05, 0) is 45.9 Å². The van der Waals surface area contributed by atoms with Gasteiger partial charge >= 0.3 is 0 Å². The molecule has 0 spiro atoms. The molecule has 3 rings (SSSR count). The van der Waals surface area contributed by atoms with Crippen molar-refractivity contribution in [1.82, 2.24) is 0 Å². The van der Waals surface area contributed by atoms with Crippen molar-refractivity contribution in [3.8, 4) is 0 Å². The predicted octanol–water partition coefficient (Wildman–Crippen LogP) is 9.35. The zero-order valence-corrected chi connectivity index (χ0v) is 22.9. The molecule has 0 unspecified atom stereocenters. The number of hydrogen-bond acceptors (Lipinski definition) is 2. The maximum atomic E-state index is 2.58. The first-order valence-electron chi connectivity index (χ1n) is 12.9. The first-order chi connectivity index (χ1) is 15.4. The van der Waals surface area contributed by atoms with Crippen LogP contribution in [-0.2, 0) is 0 Å². The first kappa shape index (κ1) is 25.4. The number of rotatable bonds is 6. The van der Waals surface area contributed by atoms with Crippen molar-refractivity contribution in [3.05, 3.63) is 71.1 Å². The van der Waals surface area contributed by atoms with E-state index < -0.39 is 0 Å². The molecule has 0 bridgehead atoms. The first-order valence-corrected chi connectivity index (χ1v) is 12.9. The highest BCUT2D eigenvalue weighted by atomic mass is 15.4. The molecule has 0 aliphatic carbocycles.